The number of benzene rings is 1. The zero-order valence-corrected chi connectivity index (χ0v) is 15.2. The number of likely N-dealkylation sites (N-methyl/N-ethyl adjacent to an activating group) is 1. The van der Waals surface area contributed by atoms with Gasteiger partial charge in [-0.15, -0.1) is 11.3 Å². The summed E-state index contributed by atoms with van der Waals surface area (Å²) in [4.78, 5) is 16.2. The molecule has 0 unspecified atom stereocenters. The minimum atomic E-state index is -0.224. The molecule has 2 N–H and O–H groups in total. The van der Waals surface area contributed by atoms with Crippen molar-refractivity contribution in [2.24, 2.45) is 0 Å². The van der Waals surface area contributed by atoms with Gasteiger partial charge in [-0.2, -0.15) is 0 Å². The number of ether oxygens (including phenoxy) is 2. The Bertz CT molecular complexity index is 921. The monoisotopic (exact) mass is 369 g/mol. The van der Waals surface area contributed by atoms with E-state index in [1.807, 2.05) is 30.4 Å². The summed E-state index contributed by atoms with van der Waals surface area (Å²) in [6, 6.07) is 5.81. The minimum Gasteiger partial charge on any atom is -0.454 e. The number of nitrogens with one attached hydrogen (secondary N) is 2. The Labute approximate surface area is 155 Å². The van der Waals surface area contributed by atoms with Crippen molar-refractivity contribution in [3.8, 4) is 11.5 Å². The van der Waals surface area contributed by atoms with Gasteiger partial charge in [0, 0.05) is 18.0 Å². The fraction of sp³-hybridized carbons (Fsp3) is 0.316. The zero-order chi connectivity index (χ0) is 17.7. The number of thiophene rings is 1. The molecule has 1 atom stereocenters. The highest BCUT2D eigenvalue weighted by Crippen LogP contribution is 2.39. The van der Waals surface area contributed by atoms with Crippen molar-refractivity contribution in [3.05, 3.63) is 45.8 Å². The Balaban J connectivity index is 1.37. The summed E-state index contributed by atoms with van der Waals surface area (Å²) in [5.41, 5.74) is 3.06. The van der Waals surface area contributed by atoms with Crippen molar-refractivity contribution in [1.29, 1.82) is 0 Å². The Morgan fingerprint density at radius 3 is 3.08 bits per heavy atom. The lowest BCUT2D eigenvalue weighted by molar-refractivity contribution is 0.0942. The molecule has 0 bridgehead atoms. The second kappa shape index (κ2) is 6.03. The van der Waals surface area contributed by atoms with Crippen LogP contribution in [0.1, 0.15) is 26.4 Å². The third kappa shape index (κ3) is 2.64. The van der Waals surface area contributed by atoms with E-state index in [-0.39, 0.29) is 18.9 Å². The average Bonchev–Trinajstić information content (AvgIpc) is 3.22. The summed E-state index contributed by atoms with van der Waals surface area (Å²) < 4.78 is 10.7. The number of nitrogens with zero attached hydrogens (tertiary/aromatic N) is 1. The quantitative estimate of drug-likeness (QED) is 0.852. The Morgan fingerprint density at radius 1 is 1.27 bits per heavy atom. The van der Waals surface area contributed by atoms with Gasteiger partial charge in [-0.3, -0.25) is 4.79 Å². The molecule has 0 saturated carbocycles. The van der Waals surface area contributed by atoms with Crippen molar-refractivity contribution >= 4 is 28.3 Å². The largest absolute Gasteiger partial charge is 0.454 e. The van der Waals surface area contributed by atoms with Crippen LogP contribution in [0.4, 0.5) is 5.00 Å². The molecule has 0 aliphatic carbocycles. The molecule has 2 aromatic rings. The first-order valence-electron chi connectivity index (χ1n) is 8.66. The number of carbonyl (C=O) groups is 1. The molecular weight excluding hydrogens is 350 g/mol. The number of anilines is 1. The van der Waals surface area contributed by atoms with Crippen LogP contribution in [0.2, 0.25) is 0 Å². The second-order valence-electron chi connectivity index (χ2n) is 6.76. The summed E-state index contributed by atoms with van der Waals surface area (Å²) in [6.45, 7) is 2.18. The van der Waals surface area contributed by atoms with Gasteiger partial charge in [-0.05, 0) is 42.8 Å². The van der Waals surface area contributed by atoms with Crippen LogP contribution in [-0.4, -0.2) is 37.4 Å². The van der Waals surface area contributed by atoms with E-state index in [0.29, 0.717) is 0 Å². The molecule has 1 aromatic heterocycles. The molecule has 4 heterocycles. The first kappa shape index (κ1) is 15.7. The number of fused-ring (bicyclic) bond motifs is 4. The SMILES string of the molecule is CN1CCc2c(sc3c2C(=O)N[C@H](/C=C\c2ccc4c(c2)OCO4)N3)C1. The van der Waals surface area contributed by atoms with E-state index in [2.05, 4.69) is 22.6 Å². The molecule has 5 rings (SSSR count). The molecule has 7 heteroatoms. The van der Waals surface area contributed by atoms with Crippen LogP contribution >= 0.6 is 11.3 Å². The van der Waals surface area contributed by atoms with Crippen molar-refractivity contribution in [3.63, 3.8) is 0 Å². The summed E-state index contributed by atoms with van der Waals surface area (Å²) in [7, 11) is 2.12. The predicted octanol–water partition coefficient (Wildman–Crippen LogP) is 2.66. The van der Waals surface area contributed by atoms with Gasteiger partial charge in [0.1, 0.15) is 11.2 Å². The number of rotatable bonds is 2. The minimum absolute atomic E-state index is 0.0149. The molecule has 6 nitrogen and oxygen atoms in total. The second-order valence-corrected chi connectivity index (χ2v) is 7.87. The van der Waals surface area contributed by atoms with Crippen LogP contribution in [0.15, 0.2) is 24.3 Å². The highest BCUT2D eigenvalue weighted by Gasteiger charge is 2.31. The van der Waals surface area contributed by atoms with Gasteiger partial charge < -0.3 is 25.0 Å². The lowest BCUT2D eigenvalue weighted by atomic mass is 10.0. The van der Waals surface area contributed by atoms with E-state index in [1.165, 1.54) is 10.4 Å². The third-order valence-electron chi connectivity index (χ3n) is 4.93. The maximum Gasteiger partial charge on any atom is 0.256 e. The van der Waals surface area contributed by atoms with Crippen molar-refractivity contribution < 1.29 is 14.3 Å². The summed E-state index contributed by atoms with van der Waals surface area (Å²) in [5, 5.41) is 7.47. The van der Waals surface area contributed by atoms with Crippen molar-refractivity contribution in [1.82, 2.24) is 10.2 Å². The van der Waals surface area contributed by atoms with E-state index in [4.69, 9.17) is 9.47 Å². The van der Waals surface area contributed by atoms with E-state index in [0.717, 1.165) is 47.1 Å². The number of carbonyl (C=O) groups excluding carboxylic acids is 1. The van der Waals surface area contributed by atoms with Gasteiger partial charge in [0.15, 0.2) is 11.5 Å². The summed E-state index contributed by atoms with van der Waals surface area (Å²) in [6.07, 6.45) is 4.65. The number of amides is 1. The van der Waals surface area contributed by atoms with Crippen molar-refractivity contribution in [2.45, 2.75) is 19.1 Å². The molecule has 0 saturated heterocycles. The summed E-state index contributed by atoms with van der Waals surface area (Å²) >= 11 is 1.70. The molecule has 3 aliphatic rings. The lowest BCUT2D eigenvalue weighted by Gasteiger charge is -2.25. The Morgan fingerprint density at radius 2 is 2.15 bits per heavy atom. The Hall–Kier alpha value is -2.51. The molecule has 1 amide bonds. The molecule has 0 spiro atoms. The van der Waals surface area contributed by atoms with Crippen LogP contribution in [-0.2, 0) is 13.0 Å². The first-order valence-corrected chi connectivity index (χ1v) is 9.47. The number of hydrogen-bond donors (Lipinski definition) is 2. The maximum absolute atomic E-state index is 12.6. The normalized spacial score (nSPS) is 21.3. The highest BCUT2D eigenvalue weighted by molar-refractivity contribution is 7.16. The zero-order valence-electron chi connectivity index (χ0n) is 14.4. The molecule has 134 valence electrons. The van der Waals surface area contributed by atoms with Crippen LogP contribution < -0.4 is 20.1 Å². The van der Waals surface area contributed by atoms with E-state index in [9.17, 15) is 4.79 Å². The Kier molecular flexibility index (Phi) is 3.65. The van der Waals surface area contributed by atoms with Crippen LogP contribution in [0.5, 0.6) is 11.5 Å². The smallest absolute Gasteiger partial charge is 0.256 e. The van der Waals surface area contributed by atoms with E-state index < -0.39 is 0 Å². The molecule has 3 aliphatic heterocycles. The van der Waals surface area contributed by atoms with Gasteiger partial charge >= 0.3 is 0 Å². The molecule has 1 aromatic carbocycles. The lowest BCUT2D eigenvalue weighted by Crippen LogP contribution is -2.43. The molecule has 26 heavy (non-hydrogen) atoms. The van der Waals surface area contributed by atoms with Gasteiger partial charge in [0.05, 0.1) is 5.56 Å². The number of hydrogen-bond acceptors (Lipinski definition) is 6. The van der Waals surface area contributed by atoms with Crippen LogP contribution in [0, 0.1) is 0 Å². The van der Waals surface area contributed by atoms with E-state index in [1.54, 1.807) is 11.3 Å². The summed E-state index contributed by atoms with van der Waals surface area (Å²) in [5.74, 6) is 1.54. The first-order chi connectivity index (χ1) is 12.7. The molecular formula is C19H19N3O3S. The highest BCUT2D eigenvalue weighted by atomic mass is 32.1. The van der Waals surface area contributed by atoms with Crippen molar-refractivity contribution in [2.75, 3.05) is 25.7 Å². The average molecular weight is 369 g/mol. The fourth-order valence-corrected chi connectivity index (χ4v) is 4.95. The van der Waals surface area contributed by atoms with E-state index >= 15 is 0 Å². The maximum atomic E-state index is 12.6. The van der Waals surface area contributed by atoms with Gasteiger partial charge in [0.2, 0.25) is 6.79 Å². The standard InChI is InChI=1S/C19H19N3O3S/c1-22-7-6-12-15(9-22)26-19-17(12)18(23)20-16(21-19)5-3-11-2-4-13-14(8-11)25-10-24-13/h2-5,8,16,21H,6-7,9-10H2,1H3,(H,20,23)/b5-3-/t16-/m0/s1. The van der Waals surface area contributed by atoms with Crippen LogP contribution in [0.3, 0.4) is 0 Å². The fourth-order valence-electron chi connectivity index (χ4n) is 3.58. The van der Waals surface area contributed by atoms with Gasteiger partial charge in [-0.1, -0.05) is 12.1 Å². The molecule has 0 radical (unpaired) electrons. The molecule has 0 fully saturated rings. The van der Waals surface area contributed by atoms with Gasteiger partial charge in [-0.25, -0.2) is 0 Å². The topological polar surface area (TPSA) is 62.8 Å². The van der Waals surface area contributed by atoms with Crippen LogP contribution in [0.25, 0.3) is 6.08 Å². The predicted molar refractivity (Wildman–Crippen MR) is 101 cm³/mol. The third-order valence-corrected chi connectivity index (χ3v) is 6.07. The van der Waals surface area contributed by atoms with Gasteiger partial charge in [0.25, 0.3) is 5.91 Å².